The average Bonchev–Trinajstić information content (AvgIpc) is 3.47. The number of amides is 1. The molecule has 3 aromatic rings. The van der Waals surface area contributed by atoms with Crippen LogP contribution >= 0.6 is 0 Å². The molecule has 1 aliphatic rings. The Balaban J connectivity index is 1.41. The van der Waals surface area contributed by atoms with Crippen LogP contribution in [0.3, 0.4) is 0 Å². The molecule has 2 aromatic carbocycles. The fourth-order valence-electron chi connectivity index (χ4n) is 3.19. The first-order valence-electron chi connectivity index (χ1n) is 9.31. The molecule has 5 nitrogen and oxygen atoms in total. The van der Waals surface area contributed by atoms with Crippen molar-refractivity contribution in [1.82, 2.24) is 5.32 Å². The quantitative estimate of drug-likeness (QED) is 0.657. The molecule has 0 aliphatic heterocycles. The minimum absolute atomic E-state index is 0.000931. The number of para-hydroxylation sites is 1. The van der Waals surface area contributed by atoms with E-state index in [1.54, 1.807) is 36.4 Å². The van der Waals surface area contributed by atoms with Gasteiger partial charge in [-0.1, -0.05) is 42.5 Å². The van der Waals surface area contributed by atoms with Gasteiger partial charge in [-0.25, -0.2) is 0 Å². The standard InChI is InChI=1S/C23H20N2O3/c24-14-18-8-4-5-9-20(18)27-15-19-12-13-21(28-19)23(26)25-22(17-10-11-17)16-6-2-1-3-7-16/h1-9,12-13,17,22H,10-11,15H2,(H,25,26). The highest BCUT2D eigenvalue weighted by Gasteiger charge is 2.34. The van der Waals surface area contributed by atoms with Gasteiger partial charge in [-0.2, -0.15) is 5.26 Å². The molecule has 28 heavy (non-hydrogen) atoms. The SMILES string of the molecule is N#Cc1ccccc1OCc1ccc(C(=O)NC(c2ccccc2)C2CC2)o1. The summed E-state index contributed by atoms with van der Waals surface area (Å²) in [5, 5.41) is 12.2. The molecule has 0 radical (unpaired) electrons. The number of carbonyl (C=O) groups excluding carboxylic acids is 1. The highest BCUT2D eigenvalue weighted by molar-refractivity contribution is 5.91. The van der Waals surface area contributed by atoms with E-state index in [0.717, 1.165) is 18.4 Å². The fraction of sp³-hybridized carbons (Fsp3) is 0.217. The summed E-state index contributed by atoms with van der Waals surface area (Å²) in [6.07, 6.45) is 2.24. The zero-order valence-corrected chi connectivity index (χ0v) is 15.3. The predicted octanol–water partition coefficient (Wildman–Crippen LogP) is 4.61. The molecule has 1 amide bonds. The number of nitrogens with one attached hydrogen (secondary N) is 1. The average molecular weight is 372 g/mol. The van der Waals surface area contributed by atoms with Gasteiger partial charge in [-0.3, -0.25) is 4.79 Å². The molecular formula is C23H20N2O3. The third-order valence-corrected chi connectivity index (χ3v) is 4.80. The second-order valence-electron chi connectivity index (χ2n) is 6.86. The van der Waals surface area contributed by atoms with Crippen molar-refractivity contribution in [2.75, 3.05) is 0 Å². The second-order valence-corrected chi connectivity index (χ2v) is 6.86. The number of carbonyl (C=O) groups is 1. The first kappa shape index (κ1) is 17.9. The summed E-state index contributed by atoms with van der Waals surface area (Å²) in [6.45, 7) is 0.150. The summed E-state index contributed by atoms with van der Waals surface area (Å²) in [4.78, 5) is 12.7. The lowest BCUT2D eigenvalue weighted by Crippen LogP contribution is -2.29. The maximum absolute atomic E-state index is 12.7. The van der Waals surface area contributed by atoms with Crippen LogP contribution in [0.2, 0.25) is 0 Å². The van der Waals surface area contributed by atoms with Gasteiger partial charge in [0.1, 0.15) is 24.2 Å². The van der Waals surface area contributed by atoms with Gasteiger partial charge in [0.25, 0.3) is 5.91 Å². The zero-order valence-electron chi connectivity index (χ0n) is 15.3. The number of rotatable bonds is 7. The van der Waals surface area contributed by atoms with Crippen LogP contribution in [-0.2, 0) is 6.61 Å². The Morgan fingerprint density at radius 2 is 1.86 bits per heavy atom. The van der Waals surface area contributed by atoms with E-state index in [1.165, 1.54) is 0 Å². The van der Waals surface area contributed by atoms with Crippen LogP contribution in [-0.4, -0.2) is 5.91 Å². The number of nitrogens with zero attached hydrogens (tertiary/aromatic N) is 1. The van der Waals surface area contributed by atoms with E-state index in [-0.39, 0.29) is 24.3 Å². The predicted molar refractivity (Wildman–Crippen MR) is 104 cm³/mol. The number of furan rings is 1. The van der Waals surface area contributed by atoms with Crippen LogP contribution in [0.5, 0.6) is 5.75 Å². The number of benzene rings is 2. The minimum atomic E-state index is -0.232. The van der Waals surface area contributed by atoms with Crippen molar-refractivity contribution in [3.8, 4) is 11.8 Å². The normalized spacial score (nSPS) is 14.1. The number of hydrogen-bond acceptors (Lipinski definition) is 4. The Bertz CT molecular complexity index is 1000. The molecule has 0 bridgehead atoms. The Labute approximate surface area is 163 Å². The molecule has 5 heteroatoms. The first-order valence-corrected chi connectivity index (χ1v) is 9.31. The minimum Gasteiger partial charge on any atom is -0.484 e. The van der Waals surface area contributed by atoms with E-state index in [0.29, 0.717) is 23.0 Å². The van der Waals surface area contributed by atoms with Crippen LogP contribution in [0.4, 0.5) is 0 Å². The van der Waals surface area contributed by atoms with Gasteiger partial charge in [0.2, 0.25) is 0 Å². The molecule has 1 N–H and O–H groups in total. The van der Waals surface area contributed by atoms with Crippen LogP contribution in [0.25, 0.3) is 0 Å². The lowest BCUT2D eigenvalue weighted by Gasteiger charge is -2.18. The van der Waals surface area contributed by atoms with E-state index >= 15 is 0 Å². The van der Waals surface area contributed by atoms with Crippen molar-refractivity contribution >= 4 is 5.91 Å². The zero-order chi connectivity index (χ0) is 19.3. The summed E-state index contributed by atoms with van der Waals surface area (Å²) < 4.78 is 11.3. The largest absolute Gasteiger partial charge is 0.484 e. The van der Waals surface area contributed by atoms with E-state index in [1.807, 2.05) is 30.3 Å². The second kappa shape index (κ2) is 8.01. The summed E-state index contributed by atoms with van der Waals surface area (Å²) in [5.41, 5.74) is 1.57. The molecule has 1 heterocycles. The van der Waals surface area contributed by atoms with Gasteiger partial charge in [-0.15, -0.1) is 0 Å². The van der Waals surface area contributed by atoms with Gasteiger partial charge in [0, 0.05) is 0 Å². The summed E-state index contributed by atoms with van der Waals surface area (Å²) in [5.74, 6) is 1.52. The molecule has 1 unspecified atom stereocenters. The number of hydrogen-bond donors (Lipinski definition) is 1. The smallest absolute Gasteiger partial charge is 0.287 e. The van der Waals surface area contributed by atoms with E-state index in [9.17, 15) is 4.79 Å². The maximum Gasteiger partial charge on any atom is 0.287 e. The van der Waals surface area contributed by atoms with Crippen LogP contribution in [0.15, 0.2) is 71.1 Å². The van der Waals surface area contributed by atoms with Crippen molar-refractivity contribution in [3.05, 3.63) is 89.4 Å². The van der Waals surface area contributed by atoms with Crippen molar-refractivity contribution < 1.29 is 13.9 Å². The van der Waals surface area contributed by atoms with Gasteiger partial charge >= 0.3 is 0 Å². The third-order valence-electron chi connectivity index (χ3n) is 4.80. The molecule has 1 atom stereocenters. The molecule has 0 saturated heterocycles. The molecule has 4 rings (SSSR count). The molecule has 1 saturated carbocycles. The Morgan fingerprint density at radius 1 is 1.11 bits per heavy atom. The molecule has 0 spiro atoms. The number of nitriles is 1. The third kappa shape index (κ3) is 4.07. The highest BCUT2D eigenvalue weighted by Crippen LogP contribution is 2.41. The van der Waals surface area contributed by atoms with Gasteiger partial charge in [0.05, 0.1) is 11.6 Å². The molecule has 1 aromatic heterocycles. The lowest BCUT2D eigenvalue weighted by molar-refractivity contribution is 0.0899. The molecule has 1 aliphatic carbocycles. The van der Waals surface area contributed by atoms with Gasteiger partial charge < -0.3 is 14.5 Å². The first-order chi connectivity index (χ1) is 13.7. The van der Waals surface area contributed by atoms with E-state index in [2.05, 4.69) is 11.4 Å². The monoisotopic (exact) mass is 372 g/mol. The lowest BCUT2D eigenvalue weighted by atomic mass is 10.0. The van der Waals surface area contributed by atoms with Crippen LogP contribution in [0.1, 0.15) is 46.3 Å². The van der Waals surface area contributed by atoms with Crippen molar-refractivity contribution in [2.24, 2.45) is 5.92 Å². The van der Waals surface area contributed by atoms with Crippen molar-refractivity contribution in [1.29, 1.82) is 5.26 Å². The molecule has 140 valence electrons. The number of ether oxygens (including phenoxy) is 1. The topological polar surface area (TPSA) is 75.3 Å². The Kier molecular flexibility index (Phi) is 5.11. The van der Waals surface area contributed by atoms with E-state index < -0.39 is 0 Å². The summed E-state index contributed by atoms with van der Waals surface area (Å²) >= 11 is 0. The van der Waals surface area contributed by atoms with Crippen molar-refractivity contribution in [2.45, 2.75) is 25.5 Å². The summed E-state index contributed by atoms with van der Waals surface area (Å²) in [7, 11) is 0. The van der Waals surface area contributed by atoms with E-state index in [4.69, 9.17) is 14.4 Å². The van der Waals surface area contributed by atoms with Crippen LogP contribution < -0.4 is 10.1 Å². The molecule has 1 fully saturated rings. The Morgan fingerprint density at radius 3 is 2.61 bits per heavy atom. The van der Waals surface area contributed by atoms with Crippen LogP contribution in [0, 0.1) is 17.2 Å². The fourth-order valence-corrected chi connectivity index (χ4v) is 3.19. The van der Waals surface area contributed by atoms with Crippen molar-refractivity contribution in [3.63, 3.8) is 0 Å². The highest BCUT2D eigenvalue weighted by atomic mass is 16.5. The van der Waals surface area contributed by atoms with Gasteiger partial charge in [0.15, 0.2) is 5.76 Å². The molecular weight excluding hydrogens is 352 g/mol. The van der Waals surface area contributed by atoms with Gasteiger partial charge in [-0.05, 0) is 48.6 Å². The Hall–Kier alpha value is -3.52. The maximum atomic E-state index is 12.7. The summed E-state index contributed by atoms with van der Waals surface area (Å²) in [6, 6.07) is 22.5.